The smallest absolute Gasteiger partial charge is 0.412 e. The van der Waals surface area contributed by atoms with Crippen molar-refractivity contribution in [2.75, 3.05) is 31.6 Å². The van der Waals surface area contributed by atoms with Crippen LogP contribution in [0.2, 0.25) is 0 Å². The number of fused-ring (bicyclic) bond motifs is 3. The third-order valence-electron chi connectivity index (χ3n) is 6.21. The van der Waals surface area contributed by atoms with Crippen molar-refractivity contribution in [2.45, 2.75) is 18.4 Å². The van der Waals surface area contributed by atoms with Crippen LogP contribution in [0.1, 0.15) is 34.0 Å². The number of carboxylic acid groups (broad SMARTS) is 1. The summed E-state index contributed by atoms with van der Waals surface area (Å²) in [6, 6.07) is 17.6. The van der Waals surface area contributed by atoms with Crippen LogP contribution in [0.25, 0.3) is 11.1 Å². The molecule has 2 aliphatic rings. The number of aromatic amines is 1. The number of hydrogen-bond acceptors (Lipinski definition) is 6. The molecule has 0 bridgehead atoms. The molecule has 1 aliphatic heterocycles. The Hall–Kier alpha value is -4.18. The molecule has 10 nitrogen and oxygen atoms in total. The van der Waals surface area contributed by atoms with E-state index in [-0.39, 0.29) is 49.5 Å². The second-order valence-corrected chi connectivity index (χ2v) is 8.46. The molecule has 3 N–H and O–H groups in total. The first-order chi connectivity index (χ1) is 17.0. The van der Waals surface area contributed by atoms with Crippen LogP contribution < -0.4 is 5.32 Å². The molecule has 1 fully saturated rings. The molecule has 5 rings (SSSR count). The standard InChI is InChI=1S/C25H24N4O6/c30-23(31)11-15-13-29(9-10-34-15)24(32)21-12-22(28-27-21)26-25(33)35-14-20-18-7-3-1-5-16(18)17-6-2-4-8-19(17)20/h1-8,12,15,20H,9-11,13-14H2,(H,30,31)(H2,26,27,28,33). The number of carbonyl (C=O) groups is 3. The van der Waals surface area contributed by atoms with E-state index >= 15 is 0 Å². The normalized spacial score (nSPS) is 16.9. The highest BCUT2D eigenvalue weighted by atomic mass is 16.5. The number of H-pyrrole nitrogens is 1. The van der Waals surface area contributed by atoms with Crippen molar-refractivity contribution >= 4 is 23.8 Å². The number of nitrogens with one attached hydrogen (secondary N) is 2. The molecule has 1 unspecified atom stereocenters. The number of hydrogen-bond donors (Lipinski definition) is 3. The number of nitrogens with zero attached hydrogens (tertiary/aromatic N) is 2. The van der Waals surface area contributed by atoms with Crippen LogP contribution in [0.5, 0.6) is 0 Å². The summed E-state index contributed by atoms with van der Waals surface area (Å²) in [7, 11) is 0. The van der Waals surface area contributed by atoms with E-state index in [4.69, 9.17) is 14.6 Å². The first kappa shape index (κ1) is 22.6. The van der Waals surface area contributed by atoms with Crippen molar-refractivity contribution in [3.63, 3.8) is 0 Å². The number of rotatable bonds is 6. The van der Waals surface area contributed by atoms with Gasteiger partial charge in [-0.25, -0.2) is 4.79 Å². The van der Waals surface area contributed by atoms with Crippen molar-refractivity contribution in [3.8, 4) is 11.1 Å². The Labute approximate surface area is 200 Å². The molecule has 180 valence electrons. The highest BCUT2D eigenvalue weighted by Gasteiger charge is 2.30. The molecule has 0 spiro atoms. The molecule has 1 aliphatic carbocycles. The number of carboxylic acids is 1. The van der Waals surface area contributed by atoms with Gasteiger partial charge in [0.2, 0.25) is 0 Å². The summed E-state index contributed by atoms with van der Waals surface area (Å²) in [6.07, 6.45) is -1.42. The van der Waals surface area contributed by atoms with Crippen LogP contribution in [0, 0.1) is 0 Å². The van der Waals surface area contributed by atoms with Gasteiger partial charge in [-0.1, -0.05) is 48.5 Å². The summed E-state index contributed by atoms with van der Waals surface area (Å²) in [5.41, 5.74) is 4.68. The van der Waals surface area contributed by atoms with Gasteiger partial charge in [0.05, 0.1) is 19.1 Å². The SMILES string of the molecule is O=C(O)CC1CN(C(=O)c2cc(NC(=O)OCC3c4ccccc4-c4ccccc43)n[nH]2)CCO1. The van der Waals surface area contributed by atoms with Gasteiger partial charge in [-0.3, -0.25) is 20.0 Å². The Morgan fingerprint density at radius 3 is 2.49 bits per heavy atom. The minimum absolute atomic E-state index is 0.0652. The zero-order chi connectivity index (χ0) is 24.4. The van der Waals surface area contributed by atoms with Crippen molar-refractivity contribution in [1.82, 2.24) is 15.1 Å². The Bertz CT molecular complexity index is 1230. The predicted octanol–water partition coefficient (Wildman–Crippen LogP) is 3.09. The van der Waals surface area contributed by atoms with Crippen molar-refractivity contribution in [1.29, 1.82) is 0 Å². The van der Waals surface area contributed by atoms with Gasteiger partial charge in [-0.2, -0.15) is 5.10 Å². The molecular formula is C25H24N4O6. The Kier molecular flexibility index (Phi) is 6.19. The fourth-order valence-electron chi connectivity index (χ4n) is 4.63. The summed E-state index contributed by atoms with van der Waals surface area (Å²) < 4.78 is 10.9. The number of benzene rings is 2. The Morgan fingerprint density at radius 1 is 1.11 bits per heavy atom. The zero-order valence-corrected chi connectivity index (χ0v) is 18.8. The van der Waals surface area contributed by atoms with Crippen LogP contribution in [0.3, 0.4) is 0 Å². The molecule has 1 saturated heterocycles. The average Bonchev–Trinajstić information content (AvgIpc) is 3.45. The van der Waals surface area contributed by atoms with Gasteiger partial charge in [-0.05, 0) is 22.3 Å². The van der Waals surface area contributed by atoms with Gasteiger partial charge in [0.1, 0.15) is 12.3 Å². The summed E-state index contributed by atoms with van der Waals surface area (Å²) in [5.74, 6) is -1.25. The minimum Gasteiger partial charge on any atom is -0.481 e. The largest absolute Gasteiger partial charge is 0.481 e. The Morgan fingerprint density at radius 2 is 1.80 bits per heavy atom. The lowest BCUT2D eigenvalue weighted by Crippen LogP contribution is -2.46. The van der Waals surface area contributed by atoms with Gasteiger partial charge in [0.15, 0.2) is 5.82 Å². The molecule has 2 amide bonds. The highest BCUT2D eigenvalue weighted by molar-refractivity contribution is 5.94. The Balaban J connectivity index is 1.19. The second-order valence-electron chi connectivity index (χ2n) is 8.46. The lowest BCUT2D eigenvalue weighted by atomic mass is 9.98. The van der Waals surface area contributed by atoms with Gasteiger partial charge < -0.3 is 19.5 Å². The monoisotopic (exact) mass is 476 g/mol. The fourth-order valence-corrected chi connectivity index (χ4v) is 4.63. The quantitative estimate of drug-likeness (QED) is 0.498. The van der Waals surface area contributed by atoms with Crippen LogP contribution in [0.4, 0.5) is 10.6 Å². The fraction of sp³-hybridized carbons (Fsp3) is 0.280. The average molecular weight is 476 g/mol. The topological polar surface area (TPSA) is 134 Å². The predicted molar refractivity (Wildman–Crippen MR) is 125 cm³/mol. The number of aromatic nitrogens is 2. The van der Waals surface area contributed by atoms with Crippen LogP contribution in [0.15, 0.2) is 54.6 Å². The molecule has 35 heavy (non-hydrogen) atoms. The second kappa shape index (κ2) is 9.59. The van der Waals surface area contributed by atoms with E-state index in [1.165, 1.54) is 11.0 Å². The molecule has 2 aromatic carbocycles. The van der Waals surface area contributed by atoms with Crippen LogP contribution >= 0.6 is 0 Å². The molecule has 1 aromatic heterocycles. The first-order valence-corrected chi connectivity index (χ1v) is 11.3. The van der Waals surface area contributed by atoms with E-state index in [9.17, 15) is 14.4 Å². The maximum absolute atomic E-state index is 12.8. The summed E-state index contributed by atoms with van der Waals surface area (Å²) in [5, 5.41) is 18.1. The van der Waals surface area contributed by atoms with Gasteiger partial charge in [-0.15, -0.1) is 0 Å². The van der Waals surface area contributed by atoms with E-state index in [2.05, 4.69) is 27.6 Å². The van der Waals surface area contributed by atoms with Crippen molar-refractivity contribution < 1.29 is 29.0 Å². The minimum atomic E-state index is -0.986. The number of morpholine rings is 1. The molecule has 10 heteroatoms. The van der Waals surface area contributed by atoms with Gasteiger partial charge >= 0.3 is 12.1 Å². The van der Waals surface area contributed by atoms with E-state index in [0.717, 1.165) is 22.3 Å². The third-order valence-corrected chi connectivity index (χ3v) is 6.21. The summed E-state index contributed by atoms with van der Waals surface area (Å²) >= 11 is 0. The number of anilines is 1. The number of carbonyl (C=O) groups excluding carboxylic acids is 2. The molecule has 3 aromatic rings. The maximum Gasteiger partial charge on any atom is 0.412 e. The number of ether oxygens (including phenoxy) is 2. The van der Waals surface area contributed by atoms with E-state index < -0.39 is 18.2 Å². The van der Waals surface area contributed by atoms with Crippen LogP contribution in [-0.4, -0.2) is 70.6 Å². The molecule has 0 saturated carbocycles. The van der Waals surface area contributed by atoms with E-state index in [1.54, 1.807) is 0 Å². The third kappa shape index (κ3) is 4.73. The number of aliphatic carboxylic acids is 1. The molecule has 1 atom stereocenters. The first-order valence-electron chi connectivity index (χ1n) is 11.3. The van der Waals surface area contributed by atoms with Crippen molar-refractivity contribution in [2.24, 2.45) is 0 Å². The summed E-state index contributed by atoms with van der Waals surface area (Å²) in [4.78, 5) is 37.7. The van der Waals surface area contributed by atoms with Gasteiger partial charge in [0.25, 0.3) is 5.91 Å². The molecule has 2 heterocycles. The van der Waals surface area contributed by atoms with E-state index in [0.29, 0.717) is 6.54 Å². The van der Waals surface area contributed by atoms with Crippen molar-refractivity contribution in [3.05, 3.63) is 71.4 Å². The zero-order valence-electron chi connectivity index (χ0n) is 18.8. The lowest BCUT2D eigenvalue weighted by Gasteiger charge is -2.31. The maximum atomic E-state index is 12.8. The van der Waals surface area contributed by atoms with E-state index in [1.807, 2.05) is 36.4 Å². The molecular weight excluding hydrogens is 452 g/mol. The molecule has 0 radical (unpaired) electrons. The van der Waals surface area contributed by atoms with Crippen LogP contribution in [-0.2, 0) is 14.3 Å². The number of amides is 2. The van der Waals surface area contributed by atoms with Gasteiger partial charge in [0, 0.05) is 25.1 Å². The highest BCUT2D eigenvalue weighted by Crippen LogP contribution is 2.44. The summed E-state index contributed by atoms with van der Waals surface area (Å²) in [6.45, 7) is 0.917. The lowest BCUT2D eigenvalue weighted by molar-refractivity contribution is -0.141.